The minimum Gasteiger partial charge on any atom is -0.396 e. The zero-order valence-corrected chi connectivity index (χ0v) is 9.51. The van der Waals surface area contributed by atoms with Crippen molar-refractivity contribution >= 4 is 29.0 Å². The van der Waals surface area contributed by atoms with Crippen LogP contribution in [0.4, 0.5) is 11.5 Å². The Morgan fingerprint density at radius 2 is 2.38 bits per heavy atom. The summed E-state index contributed by atoms with van der Waals surface area (Å²) in [5.74, 6) is 0.400. The van der Waals surface area contributed by atoms with E-state index in [-0.39, 0.29) is 12.5 Å². The lowest BCUT2D eigenvalue weighted by atomic mass is 10.1. The molecule has 1 aromatic rings. The van der Waals surface area contributed by atoms with Crippen LogP contribution in [-0.2, 0) is 4.79 Å². The number of aliphatic hydroxyl groups excluding tert-OH is 1. The van der Waals surface area contributed by atoms with Crippen LogP contribution >= 0.6 is 11.6 Å². The van der Waals surface area contributed by atoms with Crippen LogP contribution in [0.3, 0.4) is 0 Å². The van der Waals surface area contributed by atoms with Gasteiger partial charge in [0.2, 0.25) is 5.91 Å². The molecule has 0 saturated carbocycles. The lowest BCUT2D eigenvalue weighted by molar-refractivity contribution is -0.117. The van der Waals surface area contributed by atoms with Crippen LogP contribution in [0.1, 0.15) is 12.0 Å². The summed E-state index contributed by atoms with van der Waals surface area (Å²) < 4.78 is 0. The fourth-order valence-corrected chi connectivity index (χ4v) is 1.92. The van der Waals surface area contributed by atoms with Crippen molar-refractivity contribution in [1.82, 2.24) is 4.98 Å². The molecule has 0 bridgehead atoms. The number of nitrogens with one attached hydrogen (secondary N) is 2. The molecule has 0 aromatic carbocycles. The van der Waals surface area contributed by atoms with E-state index in [1.807, 2.05) is 6.92 Å². The number of carbonyl (C=O) groups excluding carboxylic acids is 1. The minimum absolute atomic E-state index is 0.0556. The van der Waals surface area contributed by atoms with E-state index in [9.17, 15) is 4.79 Å². The largest absolute Gasteiger partial charge is 0.396 e. The molecule has 86 valence electrons. The number of aliphatic hydroxyl groups is 1. The fourth-order valence-electron chi connectivity index (χ4n) is 1.67. The third kappa shape index (κ3) is 1.96. The van der Waals surface area contributed by atoms with Gasteiger partial charge < -0.3 is 15.7 Å². The van der Waals surface area contributed by atoms with Crippen molar-refractivity contribution in [3.8, 4) is 0 Å². The van der Waals surface area contributed by atoms with Crippen LogP contribution in [0.5, 0.6) is 0 Å². The van der Waals surface area contributed by atoms with Crippen molar-refractivity contribution in [3.63, 3.8) is 0 Å². The van der Waals surface area contributed by atoms with Crippen molar-refractivity contribution in [2.75, 3.05) is 17.2 Å². The Kier molecular flexibility index (Phi) is 2.98. The summed E-state index contributed by atoms with van der Waals surface area (Å²) in [6, 6.07) is 1.23. The monoisotopic (exact) mass is 241 g/mol. The van der Waals surface area contributed by atoms with Gasteiger partial charge in [-0.25, -0.2) is 4.98 Å². The number of aryl methyl sites for hydroxylation is 1. The number of hydrogen-bond donors (Lipinski definition) is 3. The first-order chi connectivity index (χ1) is 7.61. The first-order valence-corrected chi connectivity index (χ1v) is 5.35. The van der Waals surface area contributed by atoms with E-state index in [1.54, 1.807) is 6.07 Å². The second-order valence-corrected chi connectivity index (χ2v) is 4.07. The molecular weight excluding hydrogens is 230 g/mol. The molecule has 16 heavy (non-hydrogen) atoms. The lowest BCUT2D eigenvalue weighted by Crippen LogP contribution is -2.40. The normalized spacial score (nSPS) is 18.7. The van der Waals surface area contributed by atoms with Gasteiger partial charge in [-0.05, 0) is 25.0 Å². The summed E-state index contributed by atoms with van der Waals surface area (Å²) in [6.45, 7) is 1.79. The van der Waals surface area contributed by atoms with Crippen LogP contribution < -0.4 is 10.6 Å². The fraction of sp³-hybridized carbons (Fsp3) is 0.400. The van der Waals surface area contributed by atoms with Crippen molar-refractivity contribution < 1.29 is 9.90 Å². The maximum absolute atomic E-state index is 11.6. The van der Waals surface area contributed by atoms with Gasteiger partial charge in [0.15, 0.2) is 5.82 Å². The van der Waals surface area contributed by atoms with Crippen LogP contribution in [0.15, 0.2) is 6.07 Å². The molecule has 3 N–H and O–H groups in total. The van der Waals surface area contributed by atoms with Gasteiger partial charge in [0.25, 0.3) is 0 Å². The number of carbonyl (C=O) groups is 1. The summed E-state index contributed by atoms with van der Waals surface area (Å²) in [5.41, 5.74) is 1.52. The smallest absolute Gasteiger partial charge is 0.247 e. The minimum atomic E-state index is -0.456. The summed E-state index contributed by atoms with van der Waals surface area (Å²) in [4.78, 5) is 15.7. The Balaban J connectivity index is 2.35. The van der Waals surface area contributed by atoms with Gasteiger partial charge in [-0.2, -0.15) is 0 Å². The number of amides is 1. The Bertz CT molecular complexity index is 436. The lowest BCUT2D eigenvalue weighted by Gasteiger charge is -2.26. The SMILES string of the molecule is Cc1cc(Cl)nc2c1NC(=O)[C@@H](CCO)N2. The van der Waals surface area contributed by atoms with Crippen molar-refractivity contribution in [1.29, 1.82) is 0 Å². The molecule has 0 saturated heterocycles. The van der Waals surface area contributed by atoms with E-state index < -0.39 is 6.04 Å². The Morgan fingerprint density at radius 3 is 3.06 bits per heavy atom. The van der Waals surface area contributed by atoms with Crippen molar-refractivity contribution in [2.24, 2.45) is 0 Å². The van der Waals surface area contributed by atoms with Crippen LogP contribution in [0.25, 0.3) is 0 Å². The zero-order chi connectivity index (χ0) is 11.7. The molecule has 0 unspecified atom stereocenters. The molecule has 6 heteroatoms. The van der Waals surface area contributed by atoms with Crippen molar-refractivity contribution in [2.45, 2.75) is 19.4 Å². The number of halogens is 1. The zero-order valence-electron chi connectivity index (χ0n) is 8.75. The van der Waals surface area contributed by atoms with E-state index in [0.717, 1.165) is 5.56 Å². The molecule has 0 radical (unpaired) electrons. The first-order valence-electron chi connectivity index (χ1n) is 4.97. The van der Waals surface area contributed by atoms with E-state index in [1.165, 1.54) is 0 Å². The van der Waals surface area contributed by atoms with E-state index in [0.29, 0.717) is 23.1 Å². The van der Waals surface area contributed by atoms with Gasteiger partial charge in [-0.1, -0.05) is 11.6 Å². The Hall–Kier alpha value is -1.33. The van der Waals surface area contributed by atoms with Crippen molar-refractivity contribution in [3.05, 3.63) is 16.8 Å². The molecule has 1 aromatic heterocycles. The van der Waals surface area contributed by atoms with Gasteiger partial charge in [0, 0.05) is 6.61 Å². The summed E-state index contributed by atoms with van der Waals surface area (Å²) in [5, 5.41) is 14.9. The molecule has 0 spiro atoms. The Morgan fingerprint density at radius 1 is 1.62 bits per heavy atom. The number of nitrogens with zero attached hydrogens (tertiary/aromatic N) is 1. The van der Waals surface area contributed by atoms with Gasteiger partial charge in [-0.15, -0.1) is 0 Å². The van der Waals surface area contributed by atoms with Gasteiger partial charge in [0.1, 0.15) is 11.2 Å². The van der Waals surface area contributed by atoms with E-state index in [2.05, 4.69) is 15.6 Å². The summed E-state index contributed by atoms with van der Waals surface area (Å²) in [7, 11) is 0. The molecule has 1 aliphatic heterocycles. The van der Waals surface area contributed by atoms with Gasteiger partial charge in [0.05, 0.1) is 5.69 Å². The molecule has 0 fully saturated rings. The number of rotatable bonds is 2. The second-order valence-electron chi connectivity index (χ2n) is 3.68. The number of pyridine rings is 1. The standard InChI is InChI=1S/C10H12ClN3O2/c1-5-4-7(11)13-9-8(5)14-10(16)6(12-9)2-3-15/h4,6,15H,2-3H2,1H3,(H,12,13)(H,14,16)/t6-/m1/s1. The Labute approximate surface area is 97.8 Å². The maximum atomic E-state index is 11.6. The summed E-state index contributed by atoms with van der Waals surface area (Å²) >= 11 is 5.83. The molecule has 1 amide bonds. The second kappa shape index (κ2) is 4.27. The van der Waals surface area contributed by atoms with Crippen LogP contribution in [0.2, 0.25) is 5.15 Å². The number of aromatic nitrogens is 1. The van der Waals surface area contributed by atoms with Crippen LogP contribution in [0, 0.1) is 6.92 Å². The topological polar surface area (TPSA) is 74.2 Å². The van der Waals surface area contributed by atoms with Gasteiger partial charge >= 0.3 is 0 Å². The highest BCUT2D eigenvalue weighted by Gasteiger charge is 2.27. The third-order valence-electron chi connectivity index (χ3n) is 2.48. The highest BCUT2D eigenvalue weighted by molar-refractivity contribution is 6.29. The highest BCUT2D eigenvalue weighted by atomic mass is 35.5. The van der Waals surface area contributed by atoms with Crippen LogP contribution in [-0.4, -0.2) is 28.6 Å². The number of fused-ring (bicyclic) bond motifs is 1. The number of anilines is 2. The third-order valence-corrected chi connectivity index (χ3v) is 2.67. The average molecular weight is 242 g/mol. The van der Waals surface area contributed by atoms with E-state index >= 15 is 0 Å². The first kappa shape index (κ1) is 11.2. The quantitative estimate of drug-likeness (QED) is 0.680. The molecule has 0 aliphatic carbocycles. The van der Waals surface area contributed by atoms with Gasteiger partial charge in [-0.3, -0.25) is 4.79 Å². The molecule has 5 nitrogen and oxygen atoms in total. The molecule has 1 atom stereocenters. The summed E-state index contributed by atoms with van der Waals surface area (Å²) in [6.07, 6.45) is 0.346. The predicted molar refractivity (Wildman–Crippen MR) is 61.7 cm³/mol. The molecular formula is C10H12ClN3O2. The molecule has 1 aliphatic rings. The molecule has 2 heterocycles. The number of hydrogen-bond acceptors (Lipinski definition) is 4. The molecule has 2 rings (SSSR count). The average Bonchev–Trinajstić information content (AvgIpc) is 2.21. The predicted octanol–water partition coefficient (Wildman–Crippen LogP) is 1.16. The van der Waals surface area contributed by atoms with E-state index in [4.69, 9.17) is 16.7 Å². The highest BCUT2D eigenvalue weighted by Crippen LogP contribution is 2.30. The maximum Gasteiger partial charge on any atom is 0.247 e.